The molecular formula is C20H29ClN4O3S2. The third-order valence-corrected chi connectivity index (χ3v) is 7.96. The van der Waals surface area contributed by atoms with Crippen molar-refractivity contribution in [1.82, 2.24) is 14.1 Å². The maximum absolute atomic E-state index is 13.1. The second-order valence-electron chi connectivity index (χ2n) is 8.82. The molecule has 0 aliphatic carbocycles. The number of anilines is 2. The molecule has 3 rings (SSSR count). The molecule has 1 aliphatic rings. The first kappa shape index (κ1) is 23.2. The summed E-state index contributed by atoms with van der Waals surface area (Å²) in [5.41, 5.74) is 0.232. The SMILES string of the molecule is CN(c1ccc(Cl)s1)c1cc(C2CCCN(S(C)(=O)=O)CC2)nn1C(=O)C(C)(C)C. The Hall–Kier alpha value is -1.42. The van der Waals surface area contributed by atoms with Gasteiger partial charge in [-0.1, -0.05) is 32.4 Å². The Bertz CT molecular complexity index is 1020. The molecule has 2 aromatic heterocycles. The van der Waals surface area contributed by atoms with E-state index < -0.39 is 15.4 Å². The Balaban J connectivity index is 1.96. The largest absolute Gasteiger partial charge is 0.321 e. The monoisotopic (exact) mass is 472 g/mol. The van der Waals surface area contributed by atoms with E-state index in [9.17, 15) is 13.2 Å². The molecule has 1 aliphatic heterocycles. The molecule has 0 aromatic carbocycles. The molecule has 1 atom stereocenters. The van der Waals surface area contributed by atoms with Gasteiger partial charge < -0.3 is 4.90 Å². The van der Waals surface area contributed by atoms with Crippen LogP contribution in [0.25, 0.3) is 0 Å². The number of hydrogen-bond acceptors (Lipinski definition) is 6. The van der Waals surface area contributed by atoms with Gasteiger partial charge >= 0.3 is 0 Å². The quantitative estimate of drug-likeness (QED) is 0.650. The highest BCUT2D eigenvalue weighted by Crippen LogP contribution is 2.37. The minimum atomic E-state index is -3.20. The first-order valence-electron chi connectivity index (χ1n) is 9.97. The van der Waals surface area contributed by atoms with E-state index >= 15 is 0 Å². The summed E-state index contributed by atoms with van der Waals surface area (Å²) in [5.74, 6) is 0.696. The number of carbonyl (C=O) groups excluding carboxylic acids is 1. The van der Waals surface area contributed by atoms with Crippen LogP contribution in [0.3, 0.4) is 0 Å². The predicted molar refractivity (Wildman–Crippen MR) is 123 cm³/mol. The van der Waals surface area contributed by atoms with E-state index in [0.29, 0.717) is 29.7 Å². The zero-order chi connectivity index (χ0) is 22.3. The fourth-order valence-electron chi connectivity index (χ4n) is 3.59. The van der Waals surface area contributed by atoms with Crippen LogP contribution in [0.1, 0.15) is 56.4 Å². The second-order valence-corrected chi connectivity index (χ2v) is 12.5. The summed E-state index contributed by atoms with van der Waals surface area (Å²) in [6.45, 7) is 6.61. The summed E-state index contributed by atoms with van der Waals surface area (Å²) in [7, 11) is -1.31. The lowest BCUT2D eigenvalue weighted by Gasteiger charge is -2.22. The Kier molecular flexibility index (Phi) is 6.67. The minimum Gasteiger partial charge on any atom is -0.321 e. The van der Waals surface area contributed by atoms with Crippen LogP contribution in [0.15, 0.2) is 18.2 Å². The third kappa shape index (κ3) is 5.07. The van der Waals surface area contributed by atoms with Crippen molar-refractivity contribution in [2.45, 2.75) is 46.0 Å². The molecule has 30 heavy (non-hydrogen) atoms. The highest BCUT2D eigenvalue weighted by molar-refractivity contribution is 7.88. The molecule has 0 spiro atoms. The molecule has 0 N–H and O–H groups in total. The fourth-order valence-corrected chi connectivity index (χ4v) is 5.49. The Labute approximate surface area is 187 Å². The van der Waals surface area contributed by atoms with E-state index in [0.717, 1.165) is 23.5 Å². The average Bonchev–Trinajstić information content (AvgIpc) is 3.18. The highest BCUT2D eigenvalue weighted by Gasteiger charge is 2.31. The lowest BCUT2D eigenvalue weighted by molar-refractivity contribution is 0.0750. The number of halogens is 1. The van der Waals surface area contributed by atoms with E-state index in [4.69, 9.17) is 16.7 Å². The Morgan fingerprint density at radius 3 is 2.53 bits per heavy atom. The molecule has 0 amide bonds. The van der Waals surface area contributed by atoms with Crippen LogP contribution in [-0.2, 0) is 10.0 Å². The van der Waals surface area contributed by atoms with Crippen molar-refractivity contribution in [1.29, 1.82) is 0 Å². The molecule has 3 heterocycles. The van der Waals surface area contributed by atoms with E-state index in [2.05, 4.69) is 0 Å². The number of nitrogens with zero attached hydrogens (tertiary/aromatic N) is 4. The van der Waals surface area contributed by atoms with Gasteiger partial charge in [-0.3, -0.25) is 4.79 Å². The normalized spacial score (nSPS) is 18.9. The topological polar surface area (TPSA) is 75.5 Å². The molecule has 0 saturated carbocycles. The molecular weight excluding hydrogens is 444 g/mol. The molecule has 2 aromatic rings. The van der Waals surface area contributed by atoms with Crippen molar-refractivity contribution in [2.75, 3.05) is 31.3 Å². The summed E-state index contributed by atoms with van der Waals surface area (Å²) < 4.78 is 27.6. The van der Waals surface area contributed by atoms with Gasteiger partial charge in [-0.15, -0.1) is 11.3 Å². The summed E-state index contributed by atoms with van der Waals surface area (Å²) in [6, 6.07) is 5.70. The molecule has 1 unspecified atom stereocenters. The molecule has 10 heteroatoms. The first-order chi connectivity index (χ1) is 13.9. The number of aromatic nitrogens is 2. The molecule has 0 radical (unpaired) electrons. The Morgan fingerprint density at radius 2 is 1.97 bits per heavy atom. The van der Waals surface area contributed by atoms with Gasteiger partial charge in [-0.25, -0.2) is 12.7 Å². The van der Waals surface area contributed by atoms with Crippen LogP contribution in [0, 0.1) is 5.41 Å². The van der Waals surface area contributed by atoms with Crippen molar-refractivity contribution in [3.8, 4) is 0 Å². The van der Waals surface area contributed by atoms with Crippen LogP contribution in [-0.4, -0.2) is 54.8 Å². The Morgan fingerprint density at radius 1 is 1.27 bits per heavy atom. The van der Waals surface area contributed by atoms with Crippen molar-refractivity contribution in [3.63, 3.8) is 0 Å². The van der Waals surface area contributed by atoms with Crippen molar-refractivity contribution in [2.24, 2.45) is 5.41 Å². The van der Waals surface area contributed by atoms with Gasteiger partial charge in [0.15, 0.2) is 0 Å². The summed E-state index contributed by atoms with van der Waals surface area (Å²) >= 11 is 7.55. The van der Waals surface area contributed by atoms with Crippen LogP contribution in [0.5, 0.6) is 0 Å². The van der Waals surface area contributed by atoms with E-state index in [1.165, 1.54) is 26.6 Å². The van der Waals surface area contributed by atoms with E-state index in [1.807, 2.05) is 50.9 Å². The van der Waals surface area contributed by atoms with Crippen LogP contribution < -0.4 is 4.90 Å². The van der Waals surface area contributed by atoms with Crippen molar-refractivity contribution < 1.29 is 13.2 Å². The summed E-state index contributed by atoms with van der Waals surface area (Å²) in [6.07, 6.45) is 3.54. The van der Waals surface area contributed by atoms with Crippen molar-refractivity contribution in [3.05, 3.63) is 28.2 Å². The molecule has 1 saturated heterocycles. The number of hydrogen-bond donors (Lipinski definition) is 0. The predicted octanol–water partition coefficient (Wildman–Crippen LogP) is 4.58. The van der Waals surface area contributed by atoms with Gasteiger partial charge in [-0.2, -0.15) is 9.78 Å². The average molecular weight is 473 g/mol. The van der Waals surface area contributed by atoms with Gasteiger partial charge in [0.25, 0.3) is 5.91 Å². The minimum absolute atomic E-state index is 0.0929. The van der Waals surface area contributed by atoms with Crippen LogP contribution in [0.2, 0.25) is 4.34 Å². The maximum Gasteiger partial charge on any atom is 0.254 e. The first-order valence-corrected chi connectivity index (χ1v) is 13.0. The highest BCUT2D eigenvalue weighted by atomic mass is 35.5. The van der Waals surface area contributed by atoms with E-state index in [1.54, 1.807) is 0 Å². The number of carbonyl (C=O) groups is 1. The lowest BCUT2D eigenvalue weighted by atomic mass is 9.96. The standard InChI is InChI=1S/C20H29ClN4O3S2/c1-20(2,3)19(26)25-17(23(4)18-9-8-16(21)29-18)13-15(22-25)14-7-6-11-24(12-10-14)30(5,27)28/h8-9,13-14H,6-7,10-12H2,1-5H3. The zero-order valence-electron chi connectivity index (χ0n) is 18.1. The fraction of sp³-hybridized carbons (Fsp3) is 0.600. The third-order valence-electron chi connectivity index (χ3n) is 5.35. The van der Waals surface area contributed by atoms with Gasteiger partial charge in [0.2, 0.25) is 10.0 Å². The number of rotatable bonds is 4. The molecule has 0 bridgehead atoms. The van der Waals surface area contributed by atoms with Gasteiger partial charge in [0.1, 0.15) is 5.82 Å². The van der Waals surface area contributed by atoms with Gasteiger partial charge in [0.05, 0.1) is 21.3 Å². The smallest absolute Gasteiger partial charge is 0.254 e. The van der Waals surface area contributed by atoms with E-state index in [-0.39, 0.29) is 11.8 Å². The van der Waals surface area contributed by atoms with Crippen molar-refractivity contribution >= 4 is 49.7 Å². The van der Waals surface area contributed by atoms with Gasteiger partial charge in [0, 0.05) is 37.5 Å². The van der Waals surface area contributed by atoms with Gasteiger partial charge in [-0.05, 0) is 31.4 Å². The molecule has 7 nitrogen and oxygen atoms in total. The lowest BCUT2D eigenvalue weighted by Crippen LogP contribution is -2.31. The zero-order valence-corrected chi connectivity index (χ0v) is 20.4. The second kappa shape index (κ2) is 8.61. The maximum atomic E-state index is 13.1. The van der Waals surface area contributed by atoms with Crippen LogP contribution in [0.4, 0.5) is 10.8 Å². The number of thiophene rings is 1. The van der Waals surface area contributed by atoms with Crippen LogP contribution >= 0.6 is 22.9 Å². The molecule has 166 valence electrons. The molecule has 1 fully saturated rings. The summed E-state index contributed by atoms with van der Waals surface area (Å²) in [5, 5.41) is 5.63. The number of sulfonamides is 1. The summed E-state index contributed by atoms with van der Waals surface area (Å²) in [4.78, 5) is 15.1.